The molecule has 12 heavy (non-hydrogen) atoms. The molecule has 0 radical (unpaired) electrons. The molecule has 1 rings (SSSR count). The van der Waals surface area contributed by atoms with Gasteiger partial charge in [0.15, 0.2) is 11.6 Å². The molecule has 4 heteroatoms. The van der Waals surface area contributed by atoms with E-state index in [-0.39, 0.29) is 12.2 Å². The number of halogens is 1. The van der Waals surface area contributed by atoms with Crippen LogP contribution in [0.2, 0.25) is 0 Å². The van der Waals surface area contributed by atoms with Crippen molar-refractivity contribution in [2.45, 2.75) is 6.04 Å². The summed E-state index contributed by atoms with van der Waals surface area (Å²) in [6, 6.07) is 3.29. The van der Waals surface area contributed by atoms with E-state index in [2.05, 4.69) is 0 Å². The standard InChI is InChI=1S/C8H10FNO2/c9-6-3-1-2-5(8(6)12)7(10)4-11/h1-3,7,11-12H,4,10H2/t7-/m1/s1. The van der Waals surface area contributed by atoms with Crippen LogP contribution in [0.15, 0.2) is 18.2 Å². The van der Waals surface area contributed by atoms with E-state index in [1.807, 2.05) is 0 Å². The Morgan fingerprint density at radius 1 is 1.50 bits per heavy atom. The van der Waals surface area contributed by atoms with Crippen LogP contribution in [0, 0.1) is 5.82 Å². The minimum atomic E-state index is -0.735. The molecular weight excluding hydrogens is 161 g/mol. The summed E-state index contributed by atoms with van der Waals surface area (Å²) in [5, 5.41) is 17.8. The van der Waals surface area contributed by atoms with E-state index in [1.165, 1.54) is 12.1 Å². The van der Waals surface area contributed by atoms with E-state index in [0.29, 0.717) is 0 Å². The van der Waals surface area contributed by atoms with Crippen molar-refractivity contribution < 1.29 is 14.6 Å². The SMILES string of the molecule is N[C@H](CO)c1cccc(F)c1O. The highest BCUT2D eigenvalue weighted by atomic mass is 19.1. The van der Waals surface area contributed by atoms with E-state index >= 15 is 0 Å². The molecule has 0 amide bonds. The number of aromatic hydroxyl groups is 1. The first kappa shape index (κ1) is 8.96. The Balaban J connectivity index is 3.07. The van der Waals surface area contributed by atoms with Crippen molar-refractivity contribution in [2.24, 2.45) is 5.73 Å². The molecular formula is C8H10FNO2. The molecule has 1 atom stereocenters. The van der Waals surface area contributed by atoms with Gasteiger partial charge in [0.1, 0.15) is 0 Å². The summed E-state index contributed by atoms with van der Waals surface area (Å²) in [6.07, 6.45) is 0. The highest BCUT2D eigenvalue weighted by molar-refractivity contribution is 5.35. The number of aliphatic hydroxyl groups is 1. The zero-order chi connectivity index (χ0) is 9.14. The summed E-state index contributed by atoms with van der Waals surface area (Å²) in [5.41, 5.74) is 5.61. The normalized spacial score (nSPS) is 12.9. The predicted molar refractivity (Wildman–Crippen MR) is 42.1 cm³/mol. The van der Waals surface area contributed by atoms with Crippen molar-refractivity contribution in [3.05, 3.63) is 29.6 Å². The van der Waals surface area contributed by atoms with Crippen molar-refractivity contribution in [2.75, 3.05) is 6.61 Å². The fourth-order valence-corrected chi connectivity index (χ4v) is 0.930. The zero-order valence-corrected chi connectivity index (χ0v) is 6.37. The molecule has 0 bridgehead atoms. The minimum Gasteiger partial charge on any atom is -0.505 e. The van der Waals surface area contributed by atoms with E-state index in [4.69, 9.17) is 15.9 Å². The molecule has 0 heterocycles. The molecule has 0 aliphatic rings. The van der Waals surface area contributed by atoms with Crippen LogP contribution in [0.1, 0.15) is 11.6 Å². The maximum absolute atomic E-state index is 12.7. The van der Waals surface area contributed by atoms with Gasteiger partial charge in [-0.1, -0.05) is 12.1 Å². The summed E-state index contributed by atoms with van der Waals surface area (Å²) >= 11 is 0. The third-order valence-electron chi connectivity index (χ3n) is 1.61. The first-order valence-corrected chi connectivity index (χ1v) is 3.50. The van der Waals surface area contributed by atoms with Crippen molar-refractivity contribution >= 4 is 0 Å². The fourth-order valence-electron chi connectivity index (χ4n) is 0.930. The molecule has 1 aromatic rings. The number of para-hydroxylation sites is 1. The largest absolute Gasteiger partial charge is 0.505 e. The van der Waals surface area contributed by atoms with Crippen LogP contribution in [0.3, 0.4) is 0 Å². The smallest absolute Gasteiger partial charge is 0.165 e. The van der Waals surface area contributed by atoms with Crippen LogP contribution in [-0.2, 0) is 0 Å². The molecule has 66 valence electrons. The number of hydrogen-bond donors (Lipinski definition) is 3. The van der Waals surface area contributed by atoms with Crippen molar-refractivity contribution in [3.8, 4) is 5.75 Å². The first-order valence-electron chi connectivity index (χ1n) is 3.50. The van der Waals surface area contributed by atoms with Gasteiger partial charge in [0.2, 0.25) is 0 Å². The van der Waals surface area contributed by atoms with Gasteiger partial charge < -0.3 is 15.9 Å². The Bertz CT molecular complexity index is 278. The summed E-state index contributed by atoms with van der Waals surface area (Å²) in [6.45, 7) is -0.322. The van der Waals surface area contributed by atoms with Gasteiger partial charge in [0.05, 0.1) is 12.6 Å². The Morgan fingerprint density at radius 2 is 2.17 bits per heavy atom. The number of rotatable bonds is 2. The first-order chi connectivity index (χ1) is 5.66. The summed E-state index contributed by atoms with van der Waals surface area (Å²) in [5.74, 6) is -1.21. The average Bonchev–Trinajstić information content (AvgIpc) is 2.08. The van der Waals surface area contributed by atoms with Gasteiger partial charge in [-0.05, 0) is 6.07 Å². The summed E-state index contributed by atoms with van der Waals surface area (Å²) < 4.78 is 12.7. The molecule has 0 saturated carbocycles. The Morgan fingerprint density at radius 3 is 2.75 bits per heavy atom. The van der Waals surface area contributed by atoms with Crippen LogP contribution in [0.5, 0.6) is 5.75 Å². The molecule has 0 spiro atoms. The molecule has 0 unspecified atom stereocenters. The minimum absolute atomic E-state index is 0.220. The number of aliphatic hydroxyl groups excluding tert-OH is 1. The molecule has 0 saturated heterocycles. The Labute approximate surface area is 69.3 Å². The maximum Gasteiger partial charge on any atom is 0.165 e. The van der Waals surface area contributed by atoms with Gasteiger partial charge in [-0.2, -0.15) is 0 Å². The number of nitrogens with two attached hydrogens (primary N) is 1. The van der Waals surface area contributed by atoms with Crippen molar-refractivity contribution in [1.82, 2.24) is 0 Å². The lowest BCUT2D eigenvalue weighted by Crippen LogP contribution is -2.14. The molecule has 0 aliphatic heterocycles. The summed E-state index contributed by atoms with van der Waals surface area (Å²) in [7, 11) is 0. The van der Waals surface area contributed by atoms with Gasteiger partial charge in [0.25, 0.3) is 0 Å². The third-order valence-corrected chi connectivity index (χ3v) is 1.61. The maximum atomic E-state index is 12.7. The van der Waals surface area contributed by atoms with Gasteiger partial charge in [-0.25, -0.2) is 4.39 Å². The zero-order valence-electron chi connectivity index (χ0n) is 6.37. The number of benzene rings is 1. The van der Waals surface area contributed by atoms with E-state index in [9.17, 15) is 4.39 Å². The second-order valence-corrected chi connectivity index (χ2v) is 2.47. The van der Waals surface area contributed by atoms with Gasteiger partial charge in [-0.15, -0.1) is 0 Å². The molecule has 0 fully saturated rings. The van der Waals surface area contributed by atoms with Crippen LogP contribution in [0.4, 0.5) is 4.39 Å². The second-order valence-electron chi connectivity index (χ2n) is 2.47. The molecule has 1 aromatic carbocycles. The Kier molecular flexibility index (Phi) is 2.62. The van der Waals surface area contributed by atoms with Crippen LogP contribution < -0.4 is 5.73 Å². The predicted octanol–water partition coefficient (Wildman–Crippen LogP) is 0.523. The number of hydrogen-bond acceptors (Lipinski definition) is 3. The Hall–Kier alpha value is -1.13. The highest BCUT2D eigenvalue weighted by Gasteiger charge is 2.12. The fraction of sp³-hybridized carbons (Fsp3) is 0.250. The van der Waals surface area contributed by atoms with Crippen molar-refractivity contribution in [1.29, 1.82) is 0 Å². The third kappa shape index (κ3) is 1.54. The van der Waals surface area contributed by atoms with E-state index in [1.54, 1.807) is 0 Å². The molecule has 4 N–H and O–H groups in total. The van der Waals surface area contributed by atoms with Crippen LogP contribution in [-0.4, -0.2) is 16.8 Å². The van der Waals surface area contributed by atoms with E-state index in [0.717, 1.165) is 6.07 Å². The lowest BCUT2D eigenvalue weighted by atomic mass is 10.1. The van der Waals surface area contributed by atoms with Crippen LogP contribution in [0.25, 0.3) is 0 Å². The number of phenols is 1. The average molecular weight is 171 g/mol. The van der Waals surface area contributed by atoms with Gasteiger partial charge in [-0.3, -0.25) is 0 Å². The summed E-state index contributed by atoms with van der Waals surface area (Å²) in [4.78, 5) is 0. The monoisotopic (exact) mass is 171 g/mol. The topological polar surface area (TPSA) is 66.5 Å². The lowest BCUT2D eigenvalue weighted by Gasteiger charge is -2.10. The molecule has 3 nitrogen and oxygen atoms in total. The quantitative estimate of drug-likeness (QED) is 0.607. The van der Waals surface area contributed by atoms with Crippen LogP contribution >= 0.6 is 0 Å². The van der Waals surface area contributed by atoms with Gasteiger partial charge >= 0.3 is 0 Å². The number of phenolic OH excluding ortho intramolecular Hbond substituents is 1. The van der Waals surface area contributed by atoms with E-state index < -0.39 is 17.6 Å². The molecule has 0 aromatic heterocycles. The van der Waals surface area contributed by atoms with Crippen molar-refractivity contribution in [3.63, 3.8) is 0 Å². The lowest BCUT2D eigenvalue weighted by molar-refractivity contribution is 0.264. The molecule has 0 aliphatic carbocycles. The second kappa shape index (κ2) is 3.51. The van der Waals surface area contributed by atoms with Gasteiger partial charge in [0, 0.05) is 5.56 Å². The highest BCUT2D eigenvalue weighted by Crippen LogP contribution is 2.24.